The molecule has 0 amide bonds. The number of piperidine rings is 1. The summed E-state index contributed by atoms with van der Waals surface area (Å²) in [5.74, 6) is 0. The molecule has 2 N–H and O–H groups in total. The zero-order valence-electron chi connectivity index (χ0n) is 12.2. The van der Waals surface area contributed by atoms with Gasteiger partial charge in [0, 0.05) is 24.3 Å². The third-order valence-corrected chi connectivity index (χ3v) is 4.39. The number of aliphatic hydroxyl groups excluding tert-OH is 1. The van der Waals surface area contributed by atoms with Crippen LogP contribution in [0.5, 0.6) is 0 Å². The predicted molar refractivity (Wildman–Crippen MR) is 82.9 cm³/mol. The van der Waals surface area contributed by atoms with E-state index in [-0.39, 0.29) is 12.1 Å². The van der Waals surface area contributed by atoms with Crippen molar-refractivity contribution in [3.63, 3.8) is 0 Å². The Morgan fingerprint density at radius 3 is 3.10 bits per heavy atom. The number of nitrogens with one attached hydrogen (secondary N) is 1. The van der Waals surface area contributed by atoms with E-state index in [1.165, 1.54) is 16.5 Å². The van der Waals surface area contributed by atoms with E-state index in [0.717, 1.165) is 38.8 Å². The molecule has 1 saturated heterocycles. The van der Waals surface area contributed by atoms with Crippen LogP contribution >= 0.6 is 0 Å². The van der Waals surface area contributed by atoms with E-state index in [2.05, 4.69) is 47.3 Å². The third kappa shape index (κ3) is 2.89. The summed E-state index contributed by atoms with van der Waals surface area (Å²) in [6.45, 7) is 4.21. The fourth-order valence-corrected chi connectivity index (χ4v) is 3.23. The Morgan fingerprint density at radius 2 is 2.25 bits per heavy atom. The summed E-state index contributed by atoms with van der Waals surface area (Å²) in [5.41, 5.74) is 2.62. The Morgan fingerprint density at radius 1 is 1.35 bits per heavy atom. The standard InChI is InChI=1S/C17H24N2O/c1-13-6-7-16-14(12-13)8-11-19(16)10-3-4-15-17(20)5-2-9-18-15/h6-8,11-12,15,17-18,20H,2-5,9-10H2,1H3/t15-,17+/m1/s1. The Bertz CT molecular complexity index is 575. The molecule has 3 heteroatoms. The summed E-state index contributed by atoms with van der Waals surface area (Å²) in [6, 6.07) is 9.09. The van der Waals surface area contributed by atoms with Crippen LogP contribution in [0.1, 0.15) is 31.2 Å². The maximum absolute atomic E-state index is 9.96. The lowest BCUT2D eigenvalue weighted by Gasteiger charge is -2.29. The Labute approximate surface area is 120 Å². The summed E-state index contributed by atoms with van der Waals surface area (Å²) in [5, 5.41) is 14.7. The zero-order chi connectivity index (χ0) is 13.9. The van der Waals surface area contributed by atoms with Crippen molar-refractivity contribution in [2.45, 2.75) is 51.3 Å². The molecule has 2 aromatic rings. The second-order valence-electron chi connectivity index (χ2n) is 5.98. The molecular weight excluding hydrogens is 248 g/mol. The van der Waals surface area contributed by atoms with Crippen LogP contribution in [0.3, 0.4) is 0 Å². The number of nitrogens with zero attached hydrogens (tertiary/aromatic N) is 1. The topological polar surface area (TPSA) is 37.2 Å². The van der Waals surface area contributed by atoms with Gasteiger partial charge in [-0.2, -0.15) is 0 Å². The normalized spacial score (nSPS) is 23.3. The first-order valence-electron chi connectivity index (χ1n) is 7.71. The van der Waals surface area contributed by atoms with Crippen molar-refractivity contribution >= 4 is 10.9 Å². The summed E-state index contributed by atoms with van der Waals surface area (Å²) < 4.78 is 2.32. The highest BCUT2D eigenvalue weighted by Crippen LogP contribution is 2.19. The van der Waals surface area contributed by atoms with E-state index in [1.807, 2.05) is 0 Å². The van der Waals surface area contributed by atoms with E-state index in [4.69, 9.17) is 0 Å². The SMILES string of the molecule is Cc1ccc2c(ccn2CCC[C@H]2NCCC[C@@H]2O)c1. The van der Waals surface area contributed by atoms with Gasteiger partial charge in [0.15, 0.2) is 0 Å². The molecule has 1 fully saturated rings. The Balaban J connectivity index is 1.59. The average Bonchev–Trinajstić information content (AvgIpc) is 2.83. The highest BCUT2D eigenvalue weighted by Gasteiger charge is 2.21. The largest absolute Gasteiger partial charge is 0.392 e. The molecule has 0 spiro atoms. The fraction of sp³-hybridized carbons (Fsp3) is 0.529. The molecule has 2 atom stereocenters. The molecule has 1 aliphatic heterocycles. The number of hydrogen-bond acceptors (Lipinski definition) is 2. The number of aryl methyl sites for hydroxylation is 2. The average molecular weight is 272 g/mol. The van der Waals surface area contributed by atoms with E-state index >= 15 is 0 Å². The quantitative estimate of drug-likeness (QED) is 0.898. The lowest BCUT2D eigenvalue weighted by atomic mass is 9.97. The molecule has 0 unspecified atom stereocenters. The molecule has 108 valence electrons. The van der Waals surface area contributed by atoms with Crippen molar-refractivity contribution in [2.24, 2.45) is 0 Å². The molecule has 2 heterocycles. The molecule has 0 radical (unpaired) electrons. The molecule has 3 rings (SSSR count). The van der Waals surface area contributed by atoms with E-state index in [0.29, 0.717) is 0 Å². The van der Waals surface area contributed by atoms with Gasteiger partial charge in [-0.15, -0.1) is 0 Å². The number of rotatable bonds is 4. The Hall–Kier alpha value is -1.32. The summed E-state index contributed by atoms with van der Waals surface area (Å²) in [6.07, 6.45) is 6.21. The van der Waals surface area contributed by atoms with Gasteiger partial charge in [-0.05, 0) is 62.7 Å². The van der Waals surface area contributed by atoms with Crippen LogP contribution in [-0.2, 0) is 6.54 Å². The molecule has 20 heavy (non-hydrogen) atoms. The van der Waals surface area contributed by atoms with Gasteiger partial charge in [-0.25, -0.2) is 0 Å². The lowest BCUT2D eigenvalue weighted by molar-refractivity contribution is 0.0909. The Kier molecular flexibility index (Phi) is 4.08. The molecule has 1 aromatic carbocycles. The van der Waals surface area contributed by atoms with Crippen LogP contribution in [0.15, 0.2) is 30.5 Å². The number of hydrogen-bond donors (Lipinski definition) is 2. The van der Waals surface area contributed by atoms with Crippen molar-refractivity contribution < 1.29 is 5.11 Å². The van der Waals surface area contributed by atoms with Gasteiger partial charge in [0.2, 0.25) is 0 Å². The molecule has 3 nitrogen and oxygen atoms in total. The van der Waals surface area contributed by atoms with Gasteiger partial charge >= 0.3 is 0 Å². The zero-order valence-corrected chi connectivity index (χ0v) is 12.2. The van der Waals surface area contributed by atoms with Crippen LogP contribution in [0, 0.1) is 6.92 Å². The van der Waals surface area contributed by atoms with Crippen molar-refractivity contribution in [1.29, 1.82) is 0 Å². The van der Waals surface area contributed by atoms with Gasteiger partial charge in [-0.1, -0.05) is 11.6 Å². The van der Waals surface area contributed by atoms with Crippen LogP contribution in [0.4, 0.5) is 0 Å². The first kappa shape index (κ1) is 13.7. The van der Waals surface area contributed by atoms with Gasteiger partial charge in [-0.3, -0.25) is 0 Å². The summed E-state index contributed by atoms with van der Waals surface area (Å²) in [4.78, 5) is 0. The highest BCUT2D eigenvalue weighted by molar-refractivity contribution is 5.80. The van der Waals surface area contributed by atoms with Crippen LogP contribution in [-0.4, -0.2) is 28.4 Å². The molecule has 1 aromatic heterocycles. The lowest BCUT2D eigenvalue weighted by Crippen LogP contribution is -2.44. The molecular formula is C17H24N2O. The van der Waals surface area contributed by atoms with Crippen molar-refractivity contribution in [3.05, 3.63) is 36.0 Å². The molecule has 0 bridgehead atoms. The second kappa shape index (κ2) is 5.98. The minimum absolute atomic E-state index is 0.159. The fourth-order valence-electron chi connectivity index (χ4n) is 3.23. The summed E-state index contributed by atoms with van der Waals surface area (Å²) >= 11 is 0. The minimum atomic E-state index is -0.159. The van der Waals surface area contributed by atoms with Gasteiger partial charge in [0.05, 0.1) is 6.10 Å². The van der Waals surface area contributed by atoms with E-state index < -0.39 is 0 Å². The molecule has 0 saturated carbocycles. The van der Waals surface area contributed by atoms with Gasteiger partial charge in [0.25, 0.3) is 0 Å². The first-order chi connectivity index (χ1) is 9.74. The van der Waals surface area contributed by atoms with Crippen molar-refractivity contribution in [2.75, 3.05) is 6.54 Å². The monoisotopic (exact) mass is 272 g/mol. The number of aliphatic hydroxyl groups is 1. The van der Waals surface area contributed by atoms with E-state index in [1.54, 1.807) is 0 Å². The predicted octanol–water partition coefficient (Wildman–Crippen LogP) is 2.84. The summed E-state index contributed by atoms with van der Waals surface area (Å²) in [7, 11) is 0. The number of benzene rings is 1. The minimum Gasteiger partial charge on any atom is -0.392 e. The maximum Gasteiger partial charge on any atom is 0.0693 e. The second-order valence-corrected chi connectivity index (χ2v) is 5.98. The van der Waals surface area contributed by atoms with Crippen molar-refractivity contribution in [1.82, 2.24) is 9.88 Å². The maximum atomic E-state index is 9.96. The van der Waals surface area contributed by atoms with Crippen LogP contribution < -0.4 is 5.32 Å². The van der Waals surface area contributed by atoms with Crippen molar-refractivity contribution in [3.8, 4) is 0 Å². The van der Waals surface area contributed by atoms with Crippen LogP contribution in [0.2, 0.25) is 0 Å². The number of fused-ring (bicyclic) bond motifs is 1. The molecule has 1 aliphatic rings. The number of aromatic nitrogens is 1. The van der Waals surface area contributed by atoms with E-state index in [9.17, 15) is 5.11 Å². The first-order valence-corrected chi connectivity index (χ1v) is 7.71. The van der Waals surface area contributed by atoms with Gasteiger partial charge < -0.3 is 15.0 Å². The third-order valence-electron chi connectivity index (χ3n) is 4.39. The smallest absolute Gasteiger partial charge is 0.0693 e. The highest BCUT2D eigenvalue weighted by atomic mass is 16.3. The molecule has 0 aliphatic carbocycles. The van der Waals surface area contributed by atoms with Gasteiger partial charge in [0.1, 0.15) is 0 Å². The van der Waals surface area contributed by atoms with Crippen LogP contribution in [0.25, 0.3) is 10.9 Å².